The minimum Gasteiger partial charge on any atom is -0.497 e. The number of hydrogen-bond donors (Lipinski definition) is 2. The van der Waals surface area contributed by atoms with Crippen LogP contribution >= 0.6 is 0 Å². The molecule has 2 N–H and O–H groups in total. The third kappa shape index (κ3) is 3.62. The highest BCUT2D eigenvalue weighted by atomic mass is 19.3. The fourth-order valence-electron chi connectivity index (χ4n) is 3.52. The van der Waals surface area contributed by atoms with Crippen molar-refractivity contribution in [1.29, 1.82) is 0 Å². The Morgan fingerprint density at radius 2 is 1.94 bits per heavy atom. The number of fused-ring (bicyclic) bond motifs is 1. The van der Waals surface area contributed by atoms with Crippen molar-refractivity contribution in [3.8, 4) is 17.0 Å². The highest BCUT2D eigenvalue weighted by Crippen LogP contribution is 2.37. The minimum atomic E-state index is -3.50. The Balaban J connectivity index is 1.88. The lowest BCUT2D eigenvalue weighted by Crippen LogP contribution is -2.55. The second kappa shape index (κ2) is 8.12. The summed E-state index contributed by atoms with van der Waals surface area (Å²) >= 11 is 0. The second-order valence-electron chi connectivity index (χ2n) is 7.15. The van der Waals surface area contributed by atoms with Crippen molar-refractivity contribution in [3.63, 3.8) is 0 Å². The molecule has 1 fully saturated rings. The first-order valence-corrected chi connectivity index (χ1v) is 9.44. The number of hydrogen-bond acceptors (Lipinski definition) is 5. The number of halogens is 4. The van der Waals surface area contributed by atoms with Crippen LogP contribution in [-0.2, 0) is 0 Å². The zero-order valence-corrected chi connectivity index (χ0v) is 16.7. The van der Waals surface area contributed by atoms with Crippen LogP contribution in [0, 0.1) is 0 Å². The van der Waals surface area contributed by atoms with E-state index < -0.39 is 36.3 Å². The van der Waals surface area contributed by atoms with Gasteiger partial charge < -0.3 is 9.84 Å². The first-order valence-electron chi connectivity index (χ1n) is 9.44. The SMILES string of the molecule is COc1cccc(-c2cc(C(=O)N3NC(=C(F)F)CC3(O)C(F)F)c3ccccc3n2)c1. The summed E-state index contributed by atoms with van der Waals surface area (Å²) in [6.45, 7) is 0. The molecule has 0 saturated carbocycles. The number of hydrazine groups is 1. The molecule has 3 aromatic rings. The Bertz CT molecular complexity index is 1230. The lowest BCUT2D eigenvalue weighted by atomic mass is 10.0. The van der Waals surface area contributed by atoms with Gasteiger partial charge in [-0.15, -0.1) is 0 Å². The van der Waals surface area contributed by atoms with Crippen molar-refractivity contribution < 1.29 is 32.2 Å². The zero-order chi connectivity index (χ0) is 23.0. The second-order valence-corrected chi connectivity index (χ2v) is 7.15. The zero-order valence-electron chi connectivity index (χ0n) is 16.7. The summed E-state index contributed by atoms with van der Waals surface area (Å²) in [5, 5.41) is 10.9. The van der Waals surface area contributed by atoms with E-state index in [1.54, 1.807) is 48.5 Å². The number of carbonyl (C=O) groups excluding carboxylic acids is 1. The molecule has 1 aliphatic rings. The van der Waals surface area contributed by atoms with Crippen molar-refractivity contribution >= 4 is 16.8 Å². The fraction of sp³-hybridized carbons (Fsp3) is 0.182. The lowest BCUT2D eigenvalue weighted by molar-refractivity contribution is -0.168. The molecule has 0 radical (unpaired) electrons. The highest BCUT2D eigenvalue weighted by Gasteiger charge is 2.53. The van der Waals surface area contributed by atoms with Gasteiger partial charge in [0.1, 0.15) is 11.4 Å². The lowest BCUT2D eigenvalue weighted by Gasteiger charge is -2.31. The van der Waals surface area contributed by atoms with Crippen LogP contribution in [0.1, 0.15) is 16.8 Å². The third-order valence-corrected chi connectivity index (χ3v) is 5.16. The molecular weight excluding hydrogens is 430 g/mol. The smallest absolute Gasteiger partial charge is 0.291 e. The fourth-order valence-corrected chi connectivity index (χ4v) is 3.52. The molecule has 1 aliphatic heterocycles. The van der Waals surface area contributed by atoms with Gasteiger partial charge in [0.25, 0.3) is 18.4 Å². The van der Waals surface area contributed by atoms with Gasteiger partial charge in [0.15, 0.2) is 0 Å². The number of aromatic nitrogens is 1. The molecule has 10 heteroatoms. The quantitative estimate of drug-likeness (QED) is 0.583. The average molecular weight is 447 g/mol. The van der Waals surface area contributed by atoms with E-state index in [0.717, 1.165) is 0 Å². The standard InChI is InChI=1S/C22H17F4N3O3/c1-32-13-6-4-5-12(9-13)17-10-15(14-7-2-3-8-16(14)27-17)20(30)29-22(31,21(25)26)11-18(28-29)19(23)24/h2-10,21,28,31H,11H2,1H3. The molecule has 0 spiro atoms. The number of para-hydroxylation sites is 1. The Hall–Kier alpha value is -3.66. The predicted octanol–water partition coefficient (Wildman–Crippen LogP) is 4.32. The van der Waals surface area contributed by atoms with Crippen molar-refractivity contribution in [2.24, 2.45) is 0 Å². The summed E-state index contributed by atoms with van der Waals surface area (Å²) in [4.78, 5) is 17.8. The molecule has 1 amide bonds. The summed E-state index contributed by atoms with van der Waals surface area (Å²) in [7, 11) is 1.49. The molecule has 6 nitrogen and oxygen atoms in total. The number of nitrogens with zero attached hydrogens (tertiary/aromatic N) is 2. The van der Waals surface area contributed by atoms with Crippen LogP contribution in [0.15, 0.2) is 66.4 Å². The van der Waals surface area contributed by atoms with Crippen molar-refractivity contribution in [2.75, 3.05) is 7.11 Å². The predicted molar refractivity (Wildman–Crippen MR) is 108 cm³/mol. The molecule has 1 aromatic heterocycles. The number of pyridine rings is 1. The number of amides is 1. The van der Waals surface area contributed by atoms with Gasteiger partial charge >= 0.3 is 0 Å². The van der Waals surface area contributed by atoms with Gasteiger partial charge in [0.05, 0.1) is 30.3 Å². The number of rotatable bonds is 4. The molecule has 1 atom stereocenters. The van der Waals surface area contributed by atoms with Gasteiger partial charge in [-0.05, 0) is 24.3 Å². The van der Waals surface area contributed by atoms with Crippen LogP contribution in [0.4, 0.5) is 17.6 Å². The normalized spacial score (nSPS) is 18.2. The van der Waals surface area contributed by atoms with Gasteiger partial charge in [-0.25, -0.2) is 18.8 Å². The monoisotopic (exact) mass is 447 g/mol. The van der Waals surface area contributed by atoms with E-state index in [1.165, 1.54) is 13.2 Å². The molecule has 1 saturated heterocycles. The number of carbonyl (C=O) groups is 1. The number of methoxy groups -OCH3 is 1. The number of benzene rings is 2. The van der Waals surface area contributed by atoms with Crippen LogP contribution in [0.2, 0.25) is 0 Å². The van der Waals surface area contributed by atoms with Crippen LogP contribution in [0.5, 0.6) is 5.75 Å². The van der Waals surface area contributed by atoms with Crippen molar-refractivity contribution in [2.45, 2.75) is 18.6 Å². The molecular formula is C22H17F4N3O3. The van der Waals surface area contributed by atoms with Crippen molar-refractivity contribution in [3.05, 3.63) is 71.9 Å². The summed E-state index contributed by atoms with van der Waals surface area (Å²) < 4.78 is 58.7. The van der Waals surface area contributed by atoms with Crippen molar-refractivity contribution in [1.82, 2.24) is 15.4 Å². The highest BCUT2D eigenvalue weighted by molar-refractivity contribution is 6.07. The summed E-state index contributed by atoms with van der Waals surface area (Å²) in [6, 6.07) is 14.7. The molecule has 1 unspecified atom stereocenters. The Morgan fingerprint density at radius 1 is 1.19 bits per heavy atom. The van der Waals surface area contributed by atoms with Crippen LogP contribution in [0.3, 0.4) is 0 Å². The van der Waals surface area contributed by atoms with Gasteiger partial charge in [0.2, 0.25) is 5.72 Å². The van der Waals surface area contributed by atoms with E-state index in [2.05, 4.69) is 4.98 Å². The van der Waals surface area contributed by atoms with Crippen LogP contribution in [-0.4, -0.2) is 40.3 Å². The number of nitrogens with one attached hydrogen (secondary N) is 1. The van der Waals surface area contributed by atoms with E-state index in [9.17, 15) is 27.5 Å². The Kier molecular flexibility index (Phi) is 5.47. The van der Waals surface area contributed by atoms with Crippen LogP contribution in [0.25, 0.3) is 22.2 Å². The summed E-state index contributed by atoms with van der Waals surface area (Å²) in [6.07, 6.45) is -6.93. The van der Waals surface area contributed by atoms with E-state index in [1.807, 2.05) is 5.43 Å². The van der Waals surface area contributed by atoms with E-state index in [4.69, 9.17) is 4.74 Å². The molecule has 0 aliphatic carbocycles. The van der Waals surface area contributed by atoms with E-state index >= 15 is 0 Å². The molecule has 166 valence electrons. The van der Waals surface area contributed by atoms with E-state index in [0.29, 0.717) is 27.9 Å². The average Bonchev–Trinajstić information content (AvgIpc) is 3.17. The summed E-state index contributed by atoms with van der Waals surface area (Å²) in [5.74, 6) is -0.571. The maximum absolute atomic E-state index is 13.7. The van der Waals surface area contributed by atoms with Crippen LogP contribution < -0.4 is 10.2 Å². The first-order chi connectivity index (χ1) is 15.2. The largest absolute Gasteiger partial charge is 0.497 e. The molecule has 2 heterocycles. The van der Waals surface area contributed by atoms with Gasteiger partial charge in [0, 0.05) is 10.9 Å². The van der Waals surface area contributed by atoms with Gasteiger partial charge in [-0.3, -0.25) is 10.2 Å². The minimum absolute atomic E-state index is 0.0967. The Morgan fingerprint density at radius 3 is 2.62 bits per heavy atom. The summed E-state index contributed by atoms with van der Waals surface area (Å²) in [5.41, 5.74) is -0.954. The molecule has 32 heavy (non-hydrogen) atoms. The van der Waals surface area contributed by atoms with E-state index in [-0.39, 0.29) is 10.6 Å². The van der Waals surface area contributed by atoms with Gasteiger partial charge in [-0.1, -0.05) is 30.3 Å². The maximum atomic E-state index is 13.7. The number of alkyl halides is 2. The number of ether oxygens (including phenoxy) is 1. The maximum Gasteiger partial charge on any atom is 0.291 e. The molecule has 4 rings (SSSR count). The number of aliphatic hydroxyl groups is 1. The third-order valence-electron chi connectivity index (χ3n) is 5.16. The topological polar surface area (TPSA) is 74.7 Å². The van der Waals surface area contributed by atoms with Gasteiger partial charge in [-0.2, -0.15) is 8.78 Å². The first kappa shape index (κ1) is 21.6. The Labute approximate surface area is 179 Å². The molecule has 0 bridgehead atoms. The molecule has 2 aromatic carbocycles.